The quantitative estimate of drug-likeness (QED) is 0.361. The maximum Gasteiger partial charge on any atom is 1.00 e. The second kappa shape index (κ2) is 21.5. The van der Waals surface area contributed by atoms with E-state index in [-0.39, 0.29) is 75.3 Å². The Kier molecular flexibility index (Phi) is 25.4. The van der Waals surface area contributed by atoms with Gasteiger partial charge in [0.2, 0.25) is 0 Å². The Labute approximate surface area is 191 Å². The minimum Gasteiger partial charge on any atom is -0.550 e. The van der Waals surface area contributed by atoms with Gasteiger partial charge in [-0.25, -0.2) is 0 Å². The summed E-state index contributed by atoms with van der Waals surface area (Å²) in [5.41, 5.74) is 0. The number of carboxylic acid groups (broad SMARTS) is 1. The summed E-state index contributed by atoms with van der Waals surface area (Å²) in [5.74, 6) is -0.903. The maximum atomic E-state index is 10.2. The predicted octanol–water partition coefficient (Wildman–Crippen LogP) is 2.00. The van der Waals surface area contributed by atoms with E-state index in [1.165, 1.54) is 83.5 Å². The van der Waals surface area contributed by atoms with Gasteiger partial charge in [0.15, 0.2) is 0 Å². The summed E-state index contributed by atoms with van der Waals surface area (Å²) in [6, 6.07) is 0. The number of aliphatic carboxylic acids is 1. The van der Waals surface area contributed by atoms with E-state index in [0.717, 1.165) is 12.8 Å². The van der Waals surface area contributed by atoms with Crippen molar-refractivity contribution in [2.24, 2.45) is 0 Å². The van der Waals surface area contributed by atoms with Gasteiger partial charge in [-0.3, -0.25) is 0 Å². The zero-order valence-corrected chi connectivity index (χ0v) is 20.9. The van der Waals surface area contributed by atoms with Crippen LogP contribution in [0.15, 0.2) is 0 Å². The summed E-state index contributed by atoms with van der Waals surface area (Å²) >= 11 is 0. The molecule has 0 aliphatic rings. The van der Waals surface area contributed by atoms with Gasteiger partial charge in [0.1, 0.15) is 0 Å². The second-order valence-corrected chi connectivity index (χ2v) is 6.07. The van der Waals surface area contributed by atoms with E-state index in [9.17, 15) is 9.90 Å². The molecule has 0 aromatic carbocycles. The molecule has 0 aliphatic heterocycles. The maximum absolute atomic E-state index is 10.2. The molecule has 3 heteroatoms. The number of hydrogen-bond acceptors (Lipinski definition) is 2. The Morgan fingerprint density at radius 1 is 0.619 bits per heavy atom. The van der Waals surface area contributed by atoms with Crippen molar-refractivity contribution in [2.45, 2.75) is 110 Å². The predicted molar refractivity (Wildman–Crippen MR) is 84.6 cm³/mol. The molecular weight excluding hydrogens is 381 g/mol. The molecule has 0 bridgehead atoms. The van der Waals surface area contributed by atoms with Crippen LogP contribution < -0.4 is 74.0 Å². The van der Waals surface area contributed by atoms with Crippen molar-refractivity contribution in [2.75, 3.05) is 0 Å². The van der Waals surface area contributed by atoms with Gasteiger partial charge in [-0.2, -0.15) is 0 Å². The summed E-state index contributed by atoms with van der Waals surface area (Å²) in [6.07, 6.45) is 19.9. The molecule has 120 valence electrons. The topological polar surface area (TPSA) is 40.1 Å². The number of carbonyl (C=O) groups excluding carboxylic acids is 1. The molecule has 0 atom stereocenters. The van der Waals surface area contributed by atoms with E-state index in [4.69, 9.17) is 0 Å². The molecule has 0 saturated heterocycles. The zero-order valence-electron chi connectivity index (χ0n) is 14.6. The molecule has 0 rings (SSSR count). The average Bonchev–Trinajstić information content (AvgIpc) is 2.43. The van der Waals surface area contributed by atoms with Crippen molar-refractivity contribution in [3.05, 3.63) is 0 Å². The molecule has 2 nitrogen and oxygen atoms in total. The Morgan fingerprint density at radius 3 is 1.19 bits per heavy atom. The third-order valence-corrected chi connectivity index (χ3v) is 3.98. The first-order chi connectivity index (χ1) is 9.77. The smallest absolute Gasteiger partial charge is 0.550 e. The Hall–Kier alpha value is 1.52. The summed E-state index contributed by atoms with van der Waals surface area (Å²) in [4.78, 5) is 10.2. The van der Waals surface area contributed by atoms with Crippen LogP contribution in [0.25, 0.3) is 0 Å². The molecule has 0 aromatic rings. The fourth-order valence-corrected chi connectivity index (χ4v) is 2.64. The first kappa shape index (κ1) is 24.8. The Morgan fingerprint density at radius 2 is 0.905 bits per heavy atom. The molecule has 21 heavy (non-hydrogen) atoms. The van der Waals surface area contributed by atoms with Gasteiger partial charge in [0.25, 0.3) is 0 Å². The number of unbranched alkanes of at least 4 members (excludes halogenated alkanes) is 14. The molecule has 0 amide bonds. The van der Waals surface area contributed by atoms with Crippen LogP contribution in [0.3, 0.4) is 0 Å². The van der Waals surface area contributed by atoms with Crippen molar-refractivity contribution in [1.29, 1.82) is 0 Å². The molecule has 0 aromatic heterocycles. The third kappa shape index (κ3) is 23.9. The van der Waals surface area contributed by atoms with E-state index < -0.39 is 5.97 Å². The van der Waals surface area contributed by atoms with Crippen LogP contribution in [0.4, 0.5) is 0 Å². The van der Waals surface area contributed by atoms with Crippen molar-refractivity contribution in [3.8, 4) is 0 Å². The van der Waals surface area contributed by atoms with Crippen LogP contribution in [0.5, 0.6) is 0 Å². The van der Waals surface area contributed by atoms with Crippen LogP contribution in [-0.2, 0) is 4.79 Å². The monoisotopic (exact) mass is 416 g/mol. The first-order valence-electron chi connectivity index (χ1n) is 8.97. The second-order valence-electron chi connectivity index (χ2n) is 6.07. The average molecular weight is 416 g/mol. The summed E-state index contributed by atoms with van der Waals surface area (Å²) in [7, 11) is 0. The minimum atomic E-state index is -0.903. The molecule has 0 radical (unpaired) electrons. The molecule has 0 aliphatic carbocycles. The van der Waals surface area contributed by atoms with Crippen molar-refractivity contribution in [3.63, 3.8) is 0 Å². The van der Waals surface area contributed by atoms with E-state index >= 15 is 0 Å². The standard InChI is InChI=1S/C18H36O2.Cs/c1-2-3-4-5-6-7-8-9-10-11-12-13-14-15-16-17-18(19)20;/h2-17H2,1H3,(H,19,20);/q;+1/p-1. The number of rotatable bonds is 16. The normalized spacial score (nSPS) is 10.3. The van der Waals surface area contributed by atoms with Gasteiger partial charge >= 0.3 is 68.9 Å². The van der Waals surface area contributed by atoms with Crippen LogP contribution in [0, 0.1) is 0 Å². The van der Waals surface area contributed by atoms with E-state index in [2.05, 4.69) is 6.92 Å². The molecule has 0 N–H and O–H groups in total. The SMILES string of the molecule is CCCCCCCCCCCCCCCCCC(=O)[O-].[Cs+]. The van der Waals surface area contributed by atoms with Gasteiger partial charge in [-0.15, -0.1) is 0 Å². The van der Waals surface area contributed by atoms with Crippen LogP contribution in [0.1, 0.15) is 110 Å². The van der Waals surface area contributed by atoms with Gasteiger partial charge < -0.3 is 9.90 Å². The van der Waals surface area contributed by atoms with Crippen LogP contribution in [-0.4, -0.2) is 5.97 Å². The molecule has 0 unspecified atom stereocenters. The van der Waals surface area contributed by atoms with E-state index in [0.29, 0.717) is 0 Å². The molecule has 0 saturated carbocycles. The van der Waals surface area contributed by atoms with Gasteiger partial charge in [-0.05, 0) is 12.8 Å². The Balaban J connectivity index is 0. The molecule has 0 spiro atoms. The minimum absolute atomic E-state index is 0. The fraction of sp³-hybridized carbons (Fsp3) is 0.944. The first-order valence-corrected chi connectivity index (χ1v) is 8.97. The zero-order chi connectivity index (χ0) is 14.9. The van der Waals surface area contributed by atoms with Crippen LogP contribution in [0.2, 0.25) is 0 Å². The van der Waals surface area contributed by atoms with Crippen molar-refractivity contribution in [1.82, 2.24) is 0 Å². The van der Waals surface area contributed by atoms with Crippen molar-refractivity contribution < 1.29 is 78.8 Å². The van der Waals surface area contributed by atoms with Crippen LogP contribution >= 0.6 is 0 Å². The van der Waals surface area contributed by atoms with E-state index in [1.54, 1.807) is 0 Å². The summed E-state index contributed by atoms with van der Waals surface area (Å²) in [5, 5.41) is 10.2. The van der Waals surface area contributed by atoms with Crippen molar-refractivity contribution >= 4 is 5.97 Å². The number of carbonyl (C=O) groups is 1. The Bertz CT molecular complexity index is 207. The summed E-state index contributed by atoms with van der Waals surface area (Å²) in [6.45, 7) is 2.27. The van der Waals surface area contributed by atoms with Gasteiger partial charge in [-0.1, -0.05) is 96.8 Å². The fourth-order valence-electron chi connectivity index (χ4n) is 2.64. The number of hydrogen-bond donors (Lipinski definition) is 0. The molecule has 0 heterocycles. The third-order valence-electron chi connectivity index (χ3n) is 3.98. The van der Waals surface area contributed by atoms with Gasteiger partial charge in [0, 0.05) is 5.97 Å². The van der Waals surface area contributed by atoms with E-state index in [1.807, 2.05) is 0 Å². The molecule has 0 fully saturated rings. The number of carboxylic acids is 1. The van der Waals surface area contributed by atoms with Gasteiger partial charge in [0.05, 0.1) is 0 Å². The largest absolute Gasteiger partial charge is 1.00 e. The molecular formula is C18H35CsO2. The summed E-state index contributed by atoms with van der Waals surface area (Å²) < 4.78 is 0.